The first-order chi connectivity index (χ1) is 13.2. The summed E-state index contributed by atoms with van der Waals surface area (Å²) in [5.41, 5.74) is 0.822. The van der Waals surface area contributed by atoms with Crippen LogP contribution in [0.15, 0.2) is 43.0 Å². The Bertz CT molecular complexity index is 561. The molecule has 0 aromatic heterocycles. The van der Waals surface area contributed by atoms with Crippen molar-refractivity contribution in [3.05, 3.63) is 88.5 Å². The third-order valence-corrected chi connectivity index (χ3v) is 1.91. The SMILES string of the molecule is C=CC[C@H](O)[C@@H](O)C#Cc1ccccc1.[C-]#[O+].[C-]#[O+].[C-]#[O+].[C-]#[O+].[C-]#[O+].[C-]#[O+].[Co].[Co]. The van der Waals surface area contributed by atoms with Gasteiger partial charge in [-0.05, 0) is 18.6 Å². The first-order valence-electron chi connectivity index (χ1n) is 6.00. The van der Waals surface area contributed by atoms with Crippen molar-refractivity contribution < 1.29 is 71.7 Å². The molecule has 8 nitrogen and oxygen atoms in total. The van der Waals surface area contributed by atoms with Crippen LogP contribution in [0.1, 0.15) is 12.0 Å². The monoisotopic (exact) mass is 488 g/mol. The molecule has 2 N–H and O–H groups in total. The number of rotatable bonds is 3. The fourth-order valence-corrected chi connectivity index (χ4v) is 1.07. The second-order valence-corrected chi connectivity index (χ2v) is 3.17. The van der Waals surface area contributed by atoms with Gasteiger partial charge in [-0.3, -0.25) is 0 Å². The van der Waals surface area contributed by atoms with E-state index in [2.05, 4.69) is 58.3 Å². The zero-order chi connectivity index (χ0) is 23.1. The van der Waals surface area contributed by atoms with Gasteiger partial charge in [-0.25, -0.2) is 0 Å². The van der Waals surface area contributed by atoms with E-state index in [4.69, 9.17) is 27.9 Å². The Labute approximate surface area is 190 Å². The van der Waals surface area contributed by atoms with Gasteiger partial charge in [-0.2, -0.15) is 0 Å². The first-order valence-corrected chi connectivity index (χ1v) is 6.00. The molecule has 10 heteroatoms. The average Bonchev–Trinajstić information content (AvgIpc) is 2.81. The number of aliphatic hydroxyl groups is 2. The summed E-state index contributed by atoms with van der Waals surface area (Å²) in [6.45, 7) is 30.5. The molecule has 2 atom stereocenters. The van der Waals surface area contributed by atoms with Crippen molar-refractivity contribution in [1.82, 2.24) is 0 Å². The van der Waals surface area contributed by atoms with Crippen LogP contribution in [0.5, 0.6) is 0 Å². The summed E-state index contributed by atoms with van der Waals surface area (Å²) in [6.07, 6.45) is 0.00447. The predicted octanol–water partition coefficient (Wildman–Crippen LogP) is 1.11. The third kappa shape index (κ3) is 46.2. The molecule has 0 amide bonds. The second-order valence-electron chi connectivity index (χ2n) is 3.17. The number of hydrogen-bond donors (Lipinski definition) is 2. The molecule has 1 aromatic carbocycles. The normalized spacial score (nSPS) is 7.38. The van der Waals surface area contributed by atoms with Crippen LogP contribution in [-0.4, -0.2) is 22.4 Å². The van der Waals surface area contributed by atoms with E-state index in [9.17, 15) is 10.2 Å². The Morgan fingerprint density at radius 1 is 0.793 bits per heavy atom. The molecule has 0 saturated carbocycles. The smallest absolute Gasteiger partial charge is 0 e. The molecule has 0 aliphatic heterocycles. The van der Waals surface area contributed by atoms with Crippen molar-refractivity contribution in [2.24, 2.45) is 0 Å². The zero-order valence-electron chi connectivity index (χ0n) is 14.5. The van der Waals surface area contributed by atoms with Crippen LogP contribution in [0.4, 0.5) is 0 Å². The minimum absolute atomic E-state index is 0. The maximum absolute atomic E-state index is 9.44. The zero-order valence-corrected chi connectivity index (χ0v) is 16.6. The molecule has 0 fully saturated rings. The van der Waals surface area contributed by atoms with Crippen molar-refractivity contribution in [3.8, 4) is 11.8 Å². The van der Waals surface area contributed by atoms with Gasteiger partial charge in [-0.1, -0.05) is 36.1 Å². The summed E-state index contributed by atoms with van der Waals surface area (Å²) in [4.78, 5) is 0. The Balaban J connectivity index is -0.0000000453. The predicted molar refractivity (Wildman–Crippen MR) is 83.7 cm³/mol. The molecular formula is C19H14Co2O8. The largest absolute Gasteiger partial charge is 0 e. The summed E-state index contributed by atoms with van der Waals surface area (Å²) in [6, 6.07) is 9.33. The topological polar surface area (TPSA) is 160 Å². The van der Waals surface area contributed by atoms with Crippen molar-refractivity contribution in [2.45, 2.75) is 18.6 Å². The van der Waals surface area contributed by atoms with Crippen molar-refractivity contribution in [1.29, 1.82) is 0 Å². The fourth-order valence-electron chi connectivity index (χ4n) is 1.07. The van der Waals surface area contributed by atoms with Gasteiger partial charge in [0.25, 0.3) is 0 Å². The van der Waals surface area contributed by atoms with Crippen LogP contribution in [0, 0.1) is 51.7 Å². The molecule has 0 bridgehead atoms. The Kier molecular flexibility index (Phi) is 111. The van der Waals surface area contributed by atoms with Gasteiger partial charge in [0.15, 0.2) is 0 Å². The van der Waals surface area contributed by atoms with Crippen LogP contribution in [0.25, 0.3) is 0 Å². The van der Waals surface area contributed by atoms with E-state index in [0.29, 0.717) is 6.42 Å². The number of benzene rings is 1. The molecule has 0 saturated heterocycles. The van der Waals surface area contributed by atoms with Crippen molar-refractivity contribution >= 4 is 0 Å². The summed E-state index contributed by atoms with van der Waals surface area (Å²) in [7, 11) is 0. The molecule has 156 valence electrons. The van der Waals surface area contributed by atoms with E-state index in [1.807, 2.05) is 30.3 Å². The van der Waals surface area contributed by atoms with Crippen LogP contribution in [0.3, 0.4) is 0 Å². The van der Waals surface area contributed by atoms with E-state index in [0.717, 1.165) is 5.56 Å². The molecule has 29 heavy (non-hydrogen) atoms. The molecule has 0 unspecified atom stereocenters. The fraction of sp³-hybridized carbons (Fsp3) is 0.158. The molecule has 0 spiro atoms. The van der Waals surface area contributed by atoms with Crippen LogP contribution in [0.2, 0.25) is 0 Å². The molecule has 2 radical (unpaired) electrons. The van der Waals surface area contributed by atoms with E-state index in [1.54, 1.807) is 6.08 Å². The van der Waals surface area contributed by atoms with E-state index >= 15 is 0 Å². The molecule has 1 aromatic rings. The van der Waals surface area contributed by atoms with Gasteiger partial charge in [-0.15, -0.1) is 6.58 Å². The summed E-state index contributed by atoms with van der Waals surface area (Å²) in [5.74, 6) is 5.38. The quantitative estimate of drug-likeness (QED) is 0.283. The first kappa shape index (κ1) is 50.5. The second kappa shape index (κ2) is 63.5. The van der Waals surface area contributed by atoms with Gasteiger partial charge >= 0.3 is 67.8 Å². The van der Waals surface area contributed by atoms with Gasteiger partial charge < -0.3 is 10.2 Å². The van der Waals surface area contributed by atoms with Gasteiger partial charge in [0.2, 0.25) is 0 Å². The standard InChI is InChI=1S/C13H14O2.6CO.2Co/c1-2-6-12(14)13(15)10-9-11-7-4-3-5-8-11;6*1-2;;/h2-5,7-8,12-15H,1,6H2;;;;;;;;/t12-,13-;;;;;;;;/m0......../s1. The van der Waals surface area contributed by atoms with Crippen LogP contribution in [-0.2, 0) is 61.5 Å². The molecular weight excluding hydrogens is 474 g/mol. The van der Waals surface area contributed by atoms with Crippen LogP contribution >= 0.6 is 0 Å². The number of hydrogen-bond acceptors (Lipinski definition) is 2. The van der Waals surface area contributed by atoms with E-state index < -0.39 is 12.2 Å². The molecule has 0 aliphatic carbocycles. The number of aliphatic hydroxyl groups excluding tert-OH is 2. The Morgan fingerprint density at radius 3 is 1.45 bits per heavy atom. The molecule has 0 heterocycles. The Hall–Kier alpha value is -2.11. The van der Waals surface area contributed by atoms with Crippen molar-refractivity contribution in [3.63, 3.8) is 0 Å². The van der Waals surface area contributed by atoms with Crippen LogP contribution < -0.4 is 0 Å². The average molecular weight is 488 g/mol. The molecule has 1 rings (SSSR count). The third-order valence-electron chi connectivity index (χ3n) is 1.91. The maximum Gasteiger partial charge on any atom is 0 e. The maximum atomic E-state index is 9.44. The minimum atomic E-state index is -1.02. The summed E-state index contributed by atoms with van der Waals surface area (Å²) < 4.78 is 45.0. The van der Waals surface area contributed by atoms with E-state index in [-0.39, 0.29) is 33.6 Å². The molecule has 0 aliphatic rings. The van der Waals surface area contributed by atoms with Crippen molar-refractivity contribution in [2.75, 3.05) is 0 Å². The van der Waals surface area contributed by atoms with Gasteiger partial charge in [0.05, 0.1) is 6.10 Å². The Morgan fingerprint density at radius 2 is 1.14 bits per heavy atom. The minimum Gasteiger partial charge on any atom is 0 e. The van der Waals surface area contributed by atoms with Gasteiger partial charge in [0.1, 0.15) is 6.10 Å². The van der Waals surface area contributed by atoms with E-state index in [1.165, 1.54) is 0 Å². The summed E-state index contributed by atoms with van der Waals surface area (Å²) in [5, 5.41) is 18.8. The summed E-state index contributed by atoms with van der Waals surface area (Å²) >= 11 is 0. The van der Waals surface area contributed by atoms with Gasteiger partial charge in [0, 0.05) is 39.1 Å².